The molecule has 0 aromatic carbocycles. The predicted octanol–water partition coefficient (Wildman–Crippen LogP) is 1.57. The molecule has 11 heteroatoms. The summed E-state index contributed by atoms with van der Waals surface area (Å²) in [6.45, 7) is 2.85. The largest absolute Gasteiger partial charge is 0.359 e. The molecular formula is C15H25FN5O4P. The molecular weight excluding hydrogens is 364 g/mol. The molecule has 0 aliphatic carbocycles. The van der Waals surface area contributed by atoms with Crippen LogP contribution in [0.4, 0.5) is 4.39 Å². The highest BCUT2D eigenvalue weighted by atomic mass is 31.2. The zero-order valence-electron chi connectivity index (χ0n) is 14.6. The van der Waals surface area contributed by atoms with Crippen molar-refractivity contribution in [2.45, 2.75) is 44.7 Å². The Balaban J connectivity index is 1.74. The van der Waals surface area contributed by atoms with Gasteiger partial charge in [-0.3, -0.25) is 4.99 Å². The van der Waals surface area contributed by atoms with Crippen molar-refractivity contribution in [1.29, 1.82) is 5.16 Å². The summed E-state index contributed by atoms with van der Waals surface area (Å²) in [5.41, 5.74) is 1.12. The monoisotopic (exact) mass is 389 g/mol. The van der Waals surface area contributed by atoms with Gasteiger partial charge in [-0.15, -0.1) is 0 Å². The first-order valence-corrected chi connectivity index (χ1v) is 10.2. The fraction of sp³-hybridized carbons (Fsp3) is 0.733. The van der Waals surface area contributed by atoms with Crippen LogP contribution in [0, 0.1) is 11.1 Å². The van der Waals surface area contributed by atoms with Gasteiger partial charge in [0.2, 0.25) is 0 Å². The number of amidine groups is 1. The van der Waals surface area contributed by atoms with Gasteiger partial charge in [-0.1, -0.05) is 6.92 Å². The van der Waals surface area contributed by atoms with Crippen LogP contribution < -0.4 is 5.32 Å². The van der Waals surface area contributed by atoms with Gasteiger partial charge in [0.05, 0.1) is 25.7 Å². The molecule has 1 unspecified atom stereocenters. The first kappa shape index (κ1) is 19.4. The lowest BCUT2D eigenvalue weighted by molar-refractivity contribution is -0.0657. The number of alkyl halides is 1. The maximum atomic E-state index is 14.6. The molecule has 4 atom stereocenters. The van der Waals surface area contributed by atoms with E-state index in [0.29, 0.717) is 6.67 Å². The van der Waals surface area contributed by atoms with E-state index in [9.17, 15) is 4.39 Å². The highest BCUT2D eigenvalue weighted by Crippen LogP contribution is 2.38. The van der Waals surface area contributed by atoms with Gasteiger partial charge < -0.3 is 29.3 Å². The smallest absolute Gasteiger partial charge is 0.347 e. The van der Waals surface area contributed by atoms with Gasteiger partial charge >= 0.3 is 7.74 Å². The minimum Gasteiger partial charge on any atom is -0.359 e. The molecule has 2 bridgehead atoms. The van der Waals surface area contributed by atoms with Gasteiger partial charge in [-0.05, 0) is 18.4 Å². The van der Waals surface area contributed by atoms with Gasteiger partial charge in [0.25, 0.3) is 0 Å². The zero-order valence-corrected chi connectivity index (χ0v) is 15.5. The van der Waals surface area contributed by atoms with Crippen molar-refractivity contribution in [2.75, 3.05) is 19.8 Å². The minimum absolute atomic E-state index is 0.0484. The first-order valence-electron chi connectivity index (χ1n) is 8.64. The average molecular weight is 389 g/mol. The molecule has 1 saturated heterocycles. The van der Waals surface area contributed by atoms with Crippen LogP contribution in [0.15, 0.2) is 21.8 Å². The Morgan fingerprint density at radius 3 is 3.12 bits per heavy atom. The van der Waals surface area contributed by atoms with E-state index in [2.05, 4.69) is 19.8 Å². The number of nitrogens with one attached hydrogen (secondary N) is 2. The molecule has 1 fully saturated rings. The highest BCUT2D eigenvalue weighted by molar-refractivity contribution is 7.47. The molecule has 3 aliphatic heterocycles. The number of hydrogen-bond donors (Lipinski definition) is 4. The molecule has 0 spiro atoms. The molecule has 0 aromatic heterocycles. The van der Waals surface area contributed by atoms with Crippen molar-refractivity contribution in [3.05, 3.63) is 11.8 Å². The summed E-state index contributed by atoms with van der Waals surface area (Å²) in [6, 6.07) is 0. The molecule has 3 aliphatic rings. The van der Waals surface area contributed by atoms with Gasteiger partial charge in [0.1, 0.15) is 12.0 Å². The molecule has 26 heavy (non-hydrogen) atoms. The van der Waals surface area contributed by atoms with Crippen LogP contribution in [-0.4, -0.2) is 65.2 Å². The van der Waals surface area contributed by atoms with Crippen molar-refractivity contribution in [3.8, 4) is 0 Å². The summed E-state index contributed by atoms with van der Waals surface area (Å²) in [5.74, 6) is 0.812. The summed E-state index contributed by atoms with van der Waals surface area (Å²) in [4.78, 5) is 28.7. The van der Waals surface area contributed by atoms with Crippen molar-refractivity contribution in [3.63, 3.8) is 0 Å². The van der Waals surface area contributed by atoms with Crippen LogP contribution in [-0.2, 0) is 9.26 Å². The molecule has 146 valence electrons. The number of nitrogens with zero attached hydrogens (tertiary/aromatic N) is 3. The van der Waals surface area contributed by atoms with Gasteiger partial charge in [0.15, 0.2) is 6.23 Å². The molecule has 0 radical (unpaired) electrons. The number of halogens is 1. The fourth-order valence-corrected chi connectivity index (χ4v) is 3.67. The maximum absolute atomic E-state index is 14.6. The van der Waals surface area contributed by atoms with E-state index in [1.54, 1.807) is 11.2 Å². The Morgan fingerprint density at radius 2 is 2.35 bits per heavy atom. The molecule has 9 nitrogen and oxygen atoms in total. The highest BCUT2D eigenvalue weighted by Gasteiger charge is 2.39. The Morgan fingerprint density at radius 1 is 1.54 bits per heavy atom. The maximum Gasteiger partial charge on any atom is 0.347 e. The van der Waals surface area contributed by atoms with E-state index in [1.807, 2.05) is 13.1 Å². The van der Waals surface area contributed by atoms with Gasteiger partial charge in [-0.25, -0.2) is 14.5 Å². The van der Waals surface area contributed by atoms with E-state index < -0.39 is 26.2 Å². The van der Waals surface area contributed by atoms with Crippen molar-refractivity contribution < 1.29 is 23.4 Å². The van der Waals surface area contributed by atoms with E-state index >= 15 is 0 Å². The number of rotatable bonds is 4. The topological polar surface area (TPSA) is 123 Å². The number of hydrogen-bond acceptors (Lipinski definition) is 7. The van der Waals surface area contributed by atoms with E-state index in [4.69, 9.17) is 19.7 Å². The molecule has 3 heterocycles. The summed E-state index contributed by atoms with van der Waals surface area (Å²) < 4.78 is 25.0. The zero-order chi connectivity index (χ0) is 18.7. The third-order valence-corrected chi connectivity index (χ3v) is 5.14. The standard InChI is InChI=1S/C15H25FN5O4P/c1-10-11-3-2-4-19-14(10)20-8-18-9-21(6-11)15-13(16)5-12(25-15)7-24-26(17,22)23/h6,8,10,12-13,15H,2-5,7,9H2,1H3,(H3,17,22,23)(H,18,19,20)/b11-6-/t10?,12-,13+,15+/m0/s1. The number of aliphatic imine (C=N–C) groups is 2. The van der Waals surface area contributed by atoms with Crippen molar-refractivity contribution in [1.82, 2.24) is 10.2 Å². The normalized spacial score (nSPS) is 34.7. The predicted molar refractivity (Wildman–Crippen MR) is 95.3 cm³/mol. The van der Waals surface area contributed by atoms with Crippen LogP contribution in [0.25, 0.3) is 0 Å². The quantitative estimate of drug-likeness (QED) is 0.542. The van der Waals surface area contributed by atoms with Crippen LogP contribution in [0.2, 0.25) is 0 Å². The third kappa shape index (κ3) is 4.89. The summed E-state index contributed by atoms with van der Waals surface area (Å²) in [7, 11) is -4.11. The lowest BCUT2D eigenvalue weighted by atomic mass is 9.97. The SMILES string of the molecule is CC1C2=NCCC/C1=C/N([C@@H]1O[C@H](COP(=N)(O)O)C[C@H]1F)CNC=N2. The second-order valence-corrected chi connectivity index (χ2v) is 7.99. The van der Waals surface area contributed by atoms with Crippen LogP contribution in [0.1, 0.15) is 26.2 Å². The van der Waals surface area contributed by atoms with E-state index in [0.717, 1.165) is 30.8 Å². The van der Waals surface area contributed by atoms with Crippen LogP contribution >= 0.6 is 7.74 Å². The molecule has 0 amide bonds. The second-order valence-electron chi connectivity index (χ2n) is 6.64. The Labute approximate surface area is 151 Å². The van der Waals surface area contributed by atoms with Gasteiger partial charge in [0, 0.05) is 25.1 Å². The first-order chi connectivity index (χ1) is 12.3. The molecule has 0 saturated carbocycles. The van der Waals surface area contributed by atoms with Gasteiger partial charge in [-0.2, -0.15) is 0 Å². The Kier molecular flexibility index (Phi) is 6.09. The van der Waals surface area contributed by atoms with Crippen molar-refractivity contribution in [2.24, 2.45) is 15.9 Å². The second kappa shape index (κ2) is 8.14. The summed E-state index contributed by atoms with van der Waals surface area (Å²) in [6.07, 6.45) is 2.63. The summed E-state index contributed by atoms with van der Waals surface area (Å²) in [5, 5.41) is 10.0. The average Bonchev–Trinajstić information content (AvgIpc) is 2.87. The lowest BCUT2D eigenvalue weighted by Crippen LogP contribution is -2.42. The molecule has 0 aromatic rings. The number of ether oxygens (including phenoxy) is 1. The number of fused-ring (bicyclic) bond motifs is 2. The van der Waals surface area contributed by atoms with E-state index in [1.165, 1.54) is 0 Å². The Hall–Kier alpha value is -1.32. The minimum atomic E-state index is -4.11. The van der Waals surface area contributed by atoms with Crippen molar-refractivity contribution >= 4 is 19.9 Å². The summed E-state index contributed by atoms with van der Waals surface area (Å²) >= 11 is 0. The van der Waals surface area contributed by atoms with Crippen LogP contribution in [0.5, 0.6) is 0 Å². The lowest BCUT2D eigenvalue weighted by Gasteiger charge is -2.29. The van der Waals surface area contributed by atoms with E-state index in [-0.39, 0.29) is 18.9 Å². The Bertz CT molecular complexity index is 652. The molecule has 3 rings (SSSR count). The van der Waals surface area contributed by atoms with Crippen LogP contribution in [0.3, 0.4) is 0 Å². The molecule has 4 N–H and O–H groups in total. The third-order valence-electron chi connectivity index (χ3n) is 4.63. The fourth-order valence-electron chi connectivity index (χ4n) is 3.29.